The fourth-order valence-electron chi connectivity index (χ4n) is 1.72. The topological polar surface area (TPSA) is 52.9 Å². The van der Waals surface area contributed by atoms with E-state index in [9.17, 15) is 4.79 Å². The Hall–Kier alpha value is -1.82. The molecule has 3 nitrogen and oxygen atoms in total. The molecule has 0 bridgehead atoms. The second-order valence-electron chi connectivity index (χ2n) is 5.00. The molecule has 0 aliphatic heterocycles. The third-order valence-electron chi connectivity index (χ3n) is 3.32. The van der Waals surface area contributed by atoms with Crippen molar-refractivity contribution in [3.63, 3.8) is 0 Å². The SMILES string of the molecule is CC1(CNC(=O)C(C#N)c2ccccc2)CC1. The van der Waals surface area contributed by atoms with Crippen molar-refractivity contribution in [2.24, 2.45) is 5.41 Å². The average Bonchev–Trinajstić information content (AvgIpc) is 3.08. The van der Waals surface area contributed by atoms with Gasteiger partial charge in [0.15, 0.2) is 0 Å². The van der Waals surface area contributed by atoms with Crippen LogP contribution in [0.1, 0.15) is 31.2 Å². The first kappa shape index (κ1) is 11.7. The molecular weight excluding hydrogens is 212 g/mol. The van der Waals surface area contributed by atoms with Gasteiger partial charge in [-0.15, -0.1) is 0 Å². The highest BCUT2D eigenvalue weighted by Crippen LogP contribution is 2.44. The van der Waals surface area contributed by atoms with Crippen molar-refractivity contribution in [1.29, 1.82) is 5.26 Å². The van der Waals surface area contributed by atoms with Crippen LogP contribution >= 0.6 is 0 Å². The summed E-state index contributed by atoms with van der Waals surface area (Å²) < 4.78 is 0. The summed E-state index contributed by atoms with van der Waals surface area (Å²) in [7, 11) is 0. The Balaban J connectivity index is 1.99. The lowest BCUT2D eigenvalue weighted by Gasteiger charge is -2.13. The Morgan fingerprint density at radius 3 is 2.65 bits per heavy atom. The van der Waals surface area contributed by atoms with E-state index < -0.39 is 5.92 Å². The Bertz CT molecular complexity index is 443. The first-order valence-electron chi connectivity index (χ1n) is 5.87. The smallest absolute Gasteiger partial charge is 0.241 e. The molecule has 1 aromatic rings. The third kappa shape index (κ3) is 2.85. The minimum absolute atomic E-state index is 0.188. The van der Waals surface area contributed by atoms with Gasteiger partial charge in [-0.3, -0.25) is 4.79 Å². The Morgan fingerprint density at radius 1 is 1.47 bits per heavy atom. The van der Waals surface area contributed by atoms with Crippen molar-refractivity contribution >= 4 is 5.91 Å². The van der Waals surface area contributed by atoms with Gasteiger partial charge in [-0.1, -0.05) is 37.3 Å². The first-order valence-corrected chi connectivity index (χ1v) is 5.87. The molecule has 0 aromatic heterocycles. The molecule has 1 aliphatic carbocycles. The van der Waals surface area contributed by atoms with Crippen molar-refractivity contribution in [3.8, 4) is 6.07 Å². The summed E-state index contributed by atoms with van der Waals surface area (Å²) in [5, 5.41) is 12.0. The van der Waals surface area contributed by atoms with Gasteiger partial charge in [-0.05, 0) is 23.8 Å². The average molecular weight is 228 g/mol. The summed E-state index contributed by atoms with van der Waals surface area (Å²) in [6.45, 7) is 2.83. The molecule has 1 aromatic carbocycles. The van der Waals surface area contributed by atoms with E-state index in [2.05, 4.69) is 18.3 Å². The van der Waals surface area contributed by atoms with Gasteiger partial charge in [0.2, 0.25) is 5.91 Å². The van der Waals surface area contributed by atoms with E-state index in [-0.39, 0.29) is 11.3 Å². The van der Waals surface area contributed by atoms with Gasteiger partial charge in [-0.25, -0.2) is 0 Å². The second-order valence-corrected chi connectivity index (χ2v) is 5.00. The summed E-state index contributed by atoms with van der Waals surface area (Å²) in [6, 6.07) is 11.2. The summed E-state index contributed by atoms with van der Waals surface area (Å²) in [5.41, 5.74) is 1.03. The van der Waals surface area contributed by atoms with Gasteiger partial charge >= 0.3 is 0 Å². The molecule has 2 rings (SSSR count). The molecule has 3 heteroatoms. The van der Waals surface area contributed by atoms with Gasteiger partial charge in [0, 0.05) is 6.54 Å². The number of nitrogens with one attached hydrogen (secondary N) is 1. The number of hydrogen-bond donors (Lipinski definition) is 1. The molecule has 1 fully saturated rings. The molecule has 1 saturated carbocycles. The van der Waals surface area contributed by atoms with Gasteiger partial charge in [0.05, 0.1) is 6.07 Å². The van der Waals surface area contributed by atoms with Crippen molar-refractivity contribution in [3.05, 3.63) is 35.9 Å². The van der Waals surface area contributed by atoms with Crippen LogP contribution in [0.5, 0.6) is 0 Å². The van der Waals surface area contributed by atoms with E-state index in [1.165, 1.54) is 0 Å². The predicted octanol–water partition coefficient (Wildman–Crippen LogP) is 2.21. The van der Waals surface area contributed by atoms with E-state index >= 15 is 0 Å². The number of carbonyl (C=O) groups is 1. The highest BCUT2D eigenvalue weighted by atomic mass is 16.1. The molecule has 0 spiro atoms. The summed E-state index contributed by atoms with van der Waals surface area (Å²) >= 11 is 0. The molecule has 1 atom stereocenters. The lowest BCUT2D eigenvalue weighted by molar-refractivity contribution is -0.121. The third-order valence-corrected chi connectivity index (χ3v) is 3.32. The standard InChI is InChI=1S/C14H16N2O/c1-14(7-8-14)10-16-13(17)12(9-15)11-5-3-2-4-6-11/h2-6,12H,7-8,10H2,1H3,(H,16,17). The summed E-state index contributed by atoms with van der Waals surface area (Å²) in [5.74, 6) is -0.884. The van der Waals surface area contributed by atoms with Crippen LogP contribution in [0.2, 0.25) is 0 Å². The summed E-state index contributed by atoms with van der Waals surface area (Å²) in [4.78, 5) is 11.9. The van der Waals surface area contributed by atoms with Crippen molar-refractivity contribution in [2.75, 3.05) is 6.54 Å². The number of nitriles is 1. The number of amides is 1. The molecular formula is C14H16N2O. The van der Waals surface area contributed by atoms with E-state index in [0.29, 0.717) is 6.54 Å². The maximum atomic E-state index is 11.9. The number of hydrogen-bond acceptors (Lipinski definition) is 2. The van der Waals surface area contributed by atoms with Crippen LogP contribution in [0, 0.1) is 16.7 Å². The van der Waals surface area contributed by atoms with Crippen molar-refractivity contribution < 1.29 is 4.79 Å². The summed E-state index contributed by atoms with van der Waals surface area (Å²) in [6.07, 6.45) is 2.33. The monoisotopic (exact) mass is 228 g/mol. The van der Waals surface area contributed by atoms with Crippen LogP contribution in [-0.4, -0.2) is 12.5 Å². The zero-order valence-corrected chi connectivity index (χ0v) is 9.94. The molecule has 1 N–H and O–H groups in total. The number of benzene rings is 1. The lowest BCUT2D eigenvalue weighted by atomic mass is 9.99. The number of nitrogens with zero attached hydrogens (tertiary/aromatic N) is 1. The van der Waals surface area contributed by atoms with E-state index in [0.717, 1.165) is 18.4 Å². The Morgan fingerprint density at radius 2 is 2.12 bits per heavy atom. The fourth-order valence-corrected chi connectivity index (χ4v) is 1.72. The van der Waals surface area contributed by atoms with Gasteiger partial charge in [-0.2, -0.15) is 5.26 Å². The second kappa shape index (κ2) is 4.58. The van der Waals surface area contributed by atoms with Crippen LogP contribution in [0.15, 0.2) is 30.3 Å². The predicted molar refractivity (Wildman–Crippen MR) is 65.1 cm³/mol. The number of rotatable bonds is 4. The normalized spacial score (nSPS) is 17.9. The lowest BCUT2D eigenvalue weighted by Crippen LogP contribution is -2.32. The maximum Gasteiger partial charge on any atom is 0.241 e. The first-order chi connectivity index (χ1) is 8.14. The molecule has 1 unspecified atom stereocenters. The minimum Gasteiger partial charge on any atom is -0.354 e. The van der Waals surface area contributed by atoms with Crippen molar-refractivity contribution in [2.45, 2.75) is 25.7 Å². The van der Waals surface area contributed by atoms with Crippen LogP contribution in [0.3, 0.4) is 0 Å². The van der Waals surface area contributed by atoms with E-state index in [1.807, 2.05) is 30.3 Å². The fraction of sp³-hybridized carbons (Fsp3) is 0.429. The van der Waals surface area contributed by atoms with Crippen LogP contribution < -0.4 is 5.32 Å². The Labute approximate surface area is 101 Å². The molecule has 17 heavy (non-hydrogen) atoms. The van der Waals surface area contributed by atoms with E-state index in [1.54, 1.807) is 0 Å². The largest absolute Gasteiger partial charge is 0.354 e. The maximum absolute atomic E-state index is 11.9. The highest BCUT2D eigenvalue weighted by molar-refractivity contribution is 5.86. The molecule has 0 saturated heterocycles. The van der Waals surface area contributed by atoms with Crippen LogP contribution in [0.4, 0.5) is 0 Å². The van der Waals surface area contributed by atoms with Crippen LogP contribution in [-0.2, 0) is 4.79 Å². The van der Waals surface area contributed by atoms with Gasteiger partial charge in [0.1, 0.15) is 5.92 Å². The zero-order chi connectivity index (χ0) is 12.3. The molecule has 0 heterocycles. The Kier molecular flexibility index (Phi) is 3.14. The molecule has 1 aliphatic rings. The van der Waals surface area contributed by atoms with Crippen molar-refractivity contribution in [1.82, 2.24) is 5.32 Å². The number of carbonyl (C=O) groups excluding carboxylic acids is 1. The molecule has 1 amide bonds. The zero-order valence-electron chi connectivity index (χ0n) is 9.94. The minimum atomic E-state index is -0.696. The van der Waals surface area contributed by atoms with Gasteiger partial charge in [0.25, 0.3) is 0 Å². The van der Waals surface area contributed by atoms with Gasteiger partial charge < -0.3 is 5.32 Å². The quantitative estimate of drug-likeness (QED) is 0.859. The highest BCUT2D eigenvalue weighted by Gasteiger charge is 2.37. The van der Waals surface area contributed by atoms with Crippen LogP contribution in [0.25, 0.3) is 0 Å². The van der Waals surface area contributed by atoms with E-state index in [4.69, 9.17) is 5.26 Å². The molecule has 88 valence electrons. The molecule has 0 radical (unpaired) electrons.